The van der Waals surface area contributed by atoms with Crippen molar-refractivity contribution < 1.29 is 9.53 Å². The topological polar surface area (TPSA) is 29.5 Å². The fraction of sp³-hybridized carbons (Fsp3) is 0.562. The molecule has 1 aliphatic heterocycles. The average Bonchev–Trinajstić information content (AvgIpc) is 2.87. The molecule has 19 heavy (non-hydrogen) atoms. The second-order valence-electron chi connectivity index (χ2n) is 5.25. The summed E-state index contributed by atoms with van der Waals surface area (Å²) in [7, 11) is 1.74. The smallest absolute Gasteiger partial charge is 0.176 e. The van der Waals surface area contributed by atoms with Crippen LogP contribution < -0.4 is 0 Å². The molecule has 1 heterocycles. The molecule has 0 saturated carbocycles. The molecule has 0 aliphatic carbocycles. The summed E-state index contributed by atoms with van der Waals surface area (Å²) in [4.78, 5) is 14.4. The highest BCUT2D eigenvalue weighted by Gasteiger charge is 2.23. The van der Waals surface area contributed by atoms with E-state index in [1.54, 1.807) is 7.11 Å². The van der Waals surface area contributed by atoms with E-state index in [1.807, 2.05) is 12.1 Å². The normalized spacial score (nSPS) is 19.8. The van der Waals surface area contributed by atoms with Gasteiger partial charge in [0.25, 0.3) is 0 Å². The number of nitrogens with zero attached hydrogens (tertiary/aromatic N) is 1. The second kappa shape index (κ2) is 6.83. The highest BCUT2D eigenvalue weighted by atomic mass is 16.5. The summed E-state index contributed by atoms with van der Waals surface area (Å²) in [6, 6.07) is 8.05. The SMILES string of the molecule is CCCc1ccc(C(=O)CN2CCC(OC)C2)cc1. The molecule has 0 spiro atoms. The van der Waals surface area contributed by atoms with E-state index in [0.29, 0.717) is 12.6 Å². The maximum absolute atomic E-state index is 12.2. The van der Waals surface area contributed by atoms with E-state index in [1.165, 1.54) is 5.56 Å². The third-order valence-corrected chi connectivity index (χ3v) is 3.74. The molecule has 0 N–H and O–H groups in total. The van der Waals surface area contributed by atoms with Crippen molar-refractivity contribution >= 4 is 5.78 Å². The molecule has 1 aliphatic rings. The molecule has 104 valence electrons. The summed E-state index contributed by atoms with van der Waals surface area (Å²) >= 11 is 0. The van der Waals surface area contributed by atoms with Crippen molar-refractivity contribution in [1.82, 2.24) is 4.90 Å². The number of ketones is 1. The molecule has 3 heteroatoms. The van der Waals surface area contributed by atoms with Crippen molar-refractivity contribution in [3.8, 4) is 0 Å². The molecule has 0 aromatic heterocycles. The lowest BCUT2D eigenvalue weighted by atomic mass is 10.1. The largest absolute Gasteiger partial charge is 0.380 e. The number of carbonyl (C=O) groups is 1. The molecule has 2 rings (SSSR count). The monoisotopic (exact) mass is 261 g/mol. The Kier molecular flexibility index (Phi) is 5.11. The van der Waals surface area contributed by atoms with Gasteiger partial charge in [-0.15, -0.1) is 0 Å². The third-order valence-electron chi connectivity index (χ3n) is 3.74. The van der Waals surface area contributed by atoms with Crippen molar-refractivity contribution in [3.63, 3.8) is 0 Å². The highest BCUT2D eigenvalue weighted by Crippen LogP contribution is 2.13. The average molecular weight is 261 g/mol. The number of likely N-dealkylation sites (tertiary alicyclic amines) is 1. The van der Waals surface area contributed by atoms with E-state index in [4.69, 9.17) is 4.74 Å². The summed E-state index contributed by atoms with van der Waals surface area (Å²) in [6.07, 6.45) is 3.54. The van der Waals surface area contributed by atoms with Crippen LogP contribution in [0.1, 0.15) is 35.7 Å². The van der Waals surface area contributed by atoms with Gasteiger partial charge in [0.2, 0.25) is 0 Å². The van der Waals surface area contributed by atoms with Crippen LogP contribution in [0.5, 0.6) is 0 Å². The van der Waals surface area contributed by atoms with E-state index >= 15 is 0 Å². The van der Waals surface area contributed by atoms with Crippen molar-refractivity contribution in [1.29, 1.82) is 0 Å². The van der Waals surface area contributed by atoms with Crippen molar-refractivity contribution in [2.75, 3.05) is 26.7 Å². The summed E-state index contributed by atoms with van der Waals surface area (Å²) in [5.41, 5.74) is 2.13. The molecule has 1 aromatic carbocycles. The predicted molar refractivity (Wildman–Crippen MR) is 76.6 cm³/mol. The summed E-state index contributed by atoms with van der Waals surface area (Å²) in [6.45, 7) is 4.50. The molecule has 3 nitrogen and oxygen atoms in total. The Hall–Kier alpha value is -1.19. The Bertz CT molecular complexity index is 413. The number of aryl methyl sites for hydroxylation is 1. The minimum Gasteiger partial charge on any atom is -0.380 e. The predicted octanol–water partition coefficient (Wildman–Crippen LogP) is 2.54. The van der Waals surface area contributed by atoms with E-state index in [-0.39, 0.29) is 5.78 Å². The van der Waals surface area contributed by atoms with Gasteiger partial charge < -0.3 is 4.74 Å². The van der Waals surface area contributed by atoms with Gasteiger partial charge in [-0.3, -0.25) is 9.69 Å². The van der Waals surface area contributed by atoms with Gasteiger partial charge in [0.1, 0.15) is 0 Å². The Labute approximate surface area is 115 Å². The zero-order valence-corrected chi connectivity index (χ0v) is 11.9. The summed E-state index contributed by atoms with van der Waals surface area (Å²) in [5.74, 6) is 0.208. The molecule has 1 fully saturated rings. The van der Waals surface area contributed by atoms with Crippen LogP contribution in [0.4, 0.5) is 0 Å². The Morgan fingerprint density at radius 3 is 2.68 bits per heavy atom. The first-order valence-corrected chi connectivity index (χ1v) is 7.10. The lowest BCUT2D eigenvalue weighted by Crippen LogP contribution is -2.29. The molecule has 1 atom stereocenters. The number of hydrogen-bond acceptors (Lipinski definition) is 3. The highest BCUT2D eigenvalue weighted by molar-refractivity contribution is 5.97. The third kappa shape index (κ3) is 3.88. The maximum Gasteiger partial charge on any atom is 0.176 e. The van der Waals surface area contributed by atoms with E-state index in [2.05, 4.69) is 24.0 Å². The number of Topliss-reactive ketones (excluding diaryl/α,β-unsaturated/α-hetero) is 1. The summed E-state index contributed by atoms with van der Waals surface area (Å²) in [5, 5.41) is 0. The first-order valence-electron chi connectivity index (χ1n) is 7.10. The van der Waals surface area contributed by atoms with Gasteiger partial charge in [-0.2, -0.15) is 0 Å². The fourth-order valence-corrected chi connectivity index (χ4v) is 2.57. The Morgan fingerprint density at radius 2 is 2.11 bits per heavy atom. The zero-order chi connectivity index (χ0) is 13.7. The van der Waals surface area contributed by atoms with Crippen LogP contribution in [0.3, 0.4) is 0 Å². The minimum absolute atomic E-state index is 0.208. The minimum atomic E-state index is 0.208. The van der Waals surface area contributed by atoms with Crippen LogP contribution in [0.15, 0.2) is 24.3 Å². The van der Waals surface area contributed by atoms with Crippen molar-refractivity contribution in [2.45, 2.75) is 32.3 Å². The Morgan fingerprint density at radius 1 is 1.37 bits per heavy atom. The van der Waals surface area contributed by atoms with Gasteiger partial charge in [0.15, 0.2) is 5.78 Å². The number of ether oxygens (including phenoxy) is 1. The Balaban J connectivity index is 1.89. The van der Waals surface area contributed by atoms with Gasteiger partial charge in [-0.25, -0.2) is 0 Å². The van der Waals surface area contributed by atoms with Crippen LogP contribution in [-0.2, 0) is 11.2 Å². The van der Waals surface area contributed by atoms with Gasteiger partial charge in [-0.1, -0.05) is 37.6 Å². The molecule has 0 radical (unpaired) electrons. The fourth-order valence-electron chi connectivity index (χ4n) is 2.57. The molecule has 1 saturated heterocycles. The second-order valence-corrected chi connectivity index (χ2v) is 5.25. The first kappa shape index (κ1) is 14.2. The number of methoxy groups -OCH3 is 1. The molecule has 1 unspecified atom stereocenters. The number of carbonyl (C=O) groups excluding carboxylic acids is 1. The lowest BCUT2D eigenvalue weighted by Gasteiger charge is -2.14. The van der Waals surface area contributed by atoms with Crippen molar-refractivity contribution in [2.24, 2.45) is 0 Å². The standard InChI is InChI=1S/C16H23NO2/c1-3-4-13-5-7-14(8-6-13)16(18)12-17-10-9-15(11-17)19-2/h5-8,15H,3-4,9-12H2,1-2H3. The number of rotatable bonds is 6. The van der Waals surface area contributed by atoms with Crippen LogP contribution in [0, 0.1) is 0 Å². The van der Waals surface area contributed by atoms with Crippen LogP contribution in [0.2, 0.25) is 0 Å². The van der Waals surface area contributed by atoms with E-state index in [9.17, 15) is 4.79 Å². The molecule has 0 amide bonds. The van der Waals surface area contributed by atoms with Crippen LogP contribution in [0.25, 0.3) is 0 Å². The summed E-state index contributed by atoms with van der Waals surface area (Å²) < 4.78 is 5.32. The quantitative estimate of drug-likeness (QED) is 0.737. The number of hydrogen-bond donors (Lipinski definition) is 0. The van der Waals surface area contributed by atoms with Gasteiger partial charge in [0, 0.05) is 25.8 Å². The van der Waals surface area contributed by atoms with Crippen LogP contribution in [-0.4, -0.2) is 43.5 Å². The van der Waals surface area contributed by atoms with E-state index in [0.717, 1.165) is 37.9 Å². The van der Waals surface area contributed by atoms with Gasteiger partial charge >= 0.3 is 0 Å². The maximum atomic E-state index is 12.2. The molecular weight excluding hydrogens is 238 g/mol. The van der Waals surface area contributed by atoms with Gasteiger partial charge in [0.05, 0.1) is 12.6 Å². The van der Waals surface area contributed by atoms with E-state index < -0.39 is 0 Å². The lowest BCUT2D eigenvalue weighted by molar-refractivity contribution is 0.0899. The number of benzene rings is 1. The molecular formula is C16H23NO2. The van der Waals surface area contributed by atoms with Crippen LogP contribution >= 0.6 is 0 Å². The van der Waals surface area contributed by atoms with Crippen molar-refractivity contribution in [3.05, 3.63) is 35.4 Å². The molecule has 1 aromatic rings. The molecule has 0 bridgehead atoms. The zero-order valence-electron chi connectivity index (χ0n) is 11.9. The van der Waals surface area contributed by atoms with Gasteiger partial charge in [-0.05, 0) is 18.4 Å². The first-order chi connectivity index (χ1) is 9.22.